The molecule has 0 aromatic carbocycles. The maximum Gasteiger partial charge on any atom is 0.272 e. The van der Waals surface area contributed by atoms with Crippen LogP contribution in [0.1, 0.15) is 63.0 Å². The average molecular weight is 455 g/mol. The van der Waals surface area contributed by atoms with Gasteiger partial charge >= 0.3 is 0 Å². The summed E-state index contributed by atoms with van der Waals surface area (Å²) in [5, 5.41) is 4.34. The summed E-state index contributed by atoms with van der Waals surface area (Å²) in [6.45, 7) is 12.7. The minimum atomic E-state index is 0.0303. The molecule has 3 rings (SSSR count). The number of thioether (sulfide) groups is 1. The van der Waals surface area contributed by atoms with E-state index in [2.05, 4.69) is 51.8 Å². The maximum absolute atomic E-state index is 13.1. The van der Waals surface area contributed by atoms with Gasteiger partial charge in [-0.1, -0.05) is 20.3 Å². The third-order valence-corrected chi connectivity index (χ3v) is 6.98. The van der Waals surface area contributed by atoms with Gasteiger partial charge in [0.1, 0.15) is 5.69 Å². The first-order chi connectivity index (χ1) is 14.6. The van der Waals surface area contributed by atoms with Crippen LogP contribution >= 0.6 is 11.8 Å². The predicted octanol–water partition coefficient (Wildman–Crippen LogP) is 3.47. The maximum atomic E-state index is 13.1. The molecule has 2 heterocycles. The Balaban J connectivity index is 0.00000107. The van der Waals surface area contributed by atoms with Crippen molar-refractivity contribution in [3.63, 3.8) is 0 Å². The molecular formula is C23H42N4O3S. The minimum Gasteiger partial charge on any atom is -0.480 e. The van der Waals surface area contributed by atoms with Gasteiger partial charge in [-0.3, -0.25) is 9.48 Å². The van der Waals surface area contributed by atoms with E-state index in [9.17, 15) is 4.79 Å². The van der Waals surface area contributed by atoms with Crippen molar-refractivity contribution in [2.24, 2.45) is 7.05 Å². The number of fused-ring (bicyclic) bond motifs is 1. The summed E-state index contributed by atoms with van der Waals surface area (Å²) in [7, 11) is 7.54. The molecule has 1 aromatic heterocycles. The van der Waals surface area contributed by atoms with Gasteiger partial charge in [0.2, 0.25) is 5.88 Å². The van der Waals surface area contributed by atoms with Gasteiger partial charge in [0.05, 0.1) is 20.3 Å². The van der Waals surface area contributed by atoms with Gasteiger partial charge < -0.3 is 19.3 Å². The first-order valence-corrected chi connectivity index (χ1v) is 12.2. The molecule has 8 heteroatoms. The molecule has 0 N–H and O–H groups in total. The lowest BCUT2D eigenvalue weighted by Crippen LogP contribution is -2.44. The first-order valence-electron chi connectivity index (χ1n) is 11.4. The molecule has 0 atom stereocenters. The molecule has 0 saturated heterocycles. The molecule has 1 amide bonds. The van der Waals surface area contributed by atoms with Crippen molar-refractivity contribution >= 4 is 17.7 Å². The summed E-state index contributed by atoms with van der Waals surface area (Å²) in [6.07, 6.45) is 4.37. The van der Waals surface area contributed by atoms with Crippen LogP contribution in [0.2, 0.25) is 0 Å². The number of amides is 1. The number of hydrogen-bond acceptors (Lipinski definition) is 6. The second-order valence-corrected chi connectivity index (χ2v) is 11.7. The topological polar surface area (TPSA) is 59.8 Å². The van der Waals surface area contributed by atoms with Crippen LogP contribution in [0.5, 0.6) is 5.88 Å². The molecule has 1 aliphatic carbocycles. The van der Waals surface area contributed by atoms with E-state index in [4.69, 9.17) is 9.47 Å². The zero-order chi connectivity index (χ0) is 23.2. The number of nitrogens with zero attached hydrogens (tertiary/aromatic N) is 4. The Labute approximate surface area is 192 Å². The van der Waals surface area contributed by atoms with Gasteiger partial charge in [-0.2, -0.15) is 0 Å². The minimum absolute atomic E-state index is 0.0303. The summed E-state index contributed by atoms with van der Waals surface area (Å²) < 4.78 is 13.1. The van der Waals surface area contributed by atoms with Gasteiger partial charge in [-0.25, -0.2) is 0 Å². The molecule has 0 radical (unpaired) electrons. The van der Waals surface area contributed by atoms with Crippen molar-refractivity contribution in [1.82, 2.24) is 19.6 Å². The Morgan fingerprint density at radius 3 is 2.45 bits per heavy atom. The number of ether oxygens (including phenoxy) is 2. The number of hydrogen-bond donors (Lipinski definition) is 0. The van der Waals surface area contributed by atoms with Crippen molar-refractivity contribution in [1.29, 1.82) is 0 Å². The molecule has 1 aromatic rings. The van der Waals surface area contributed by atoms with Crippen molar-refractivity contribution in [3.8, 4) is 5.88 Å². The van der Waals surface area contributed by atoms with Crippen LogP contribution < -0.4 is 4.74 Å². The Morgan fingerprint density at radius 1 is 1.26 bits per heavy atom. The van der Waals surface area contributed by atoms with Gasteiger partial charge in [-0.05, 0) is 47.2 Å². The lowest BCUT2D eigenvalue weighted by Gasteiger charge is -2.34. The van der Waals surface area contributed by atoms with Crippen LogP contribution in [-0.2, 0) is 18.2 Å². The van der Waals surface area contributed by atoms with E-state index in [0.29, 0.717) is 11.6 Å². The number of aryl methyl sites for hydroxylation is 1. The van der Waals surface area contributed by atoms with Crippen LogP contribution in [-0.4, -0.2) is 89.0 Å². The van der Waals surface area contributed by atoms with Crippen molar-refractivity contribution in [3.05, 3.63) is 11.3 Å². The number of aromatic nitrogens is 2. The fourth-order valence-electron chi connectivity index (χ4n) is 3.81. The quantitative estimate of drug-likeness (QED) is 0.505. The Kier molecular flexibility index (Phi) is 9.27. The highest BCUT2D eigenvalue weighted by atomic mass is 32.2. The first kappa shape index (κ1) is 26.0. The highest BCUT2D eigenvalue weighted by Crippen LogP contribution is 2.54. The molecule has 178 valence electrons. The monoisotopic (exact) mass is 454 g/mol. The zero-order valence-corrected chi connectivity index (χ0v) is 21.6. The summed E-state index contributed by atoms with van der Waals surface area (Å²) in [5.41, 5.74) is 1.62. The fourth-order valence-corrected chi connectivity index (χ4v) is 5.65. The lowest BCUT2D eigenvalue weighted by molar-refractivity contribution is 0.0724. The molecule has 1 fully saturated rings. The summed E-state index contributed by atoms with van der Waals surface area (Å²) in [5.74, 6) is 0.656. The standard InChI is InChI=1S/C20H34N4O3S.C3H8/c1-19(2,14-27-12-11-22(3)4)28-20(8-9-20)13-24-10-7-15-16(18(24)25)23(5)21-17(15)26-6;1-3-2/h7-14H2,1-6H3;3H2,1-2H3. The van der Waals surface area contributed by atoms with E-state index < -0.39 is 0 Å². The largest absolute Gasteiger partial charge is 0.480 e. The van der Waals surface area contributed by atoms with Gasteiger partial charge in [0.15, 0.2) is 0 Å². The molecule has 2 aliphatic rings. The van der Waals surface area contributed by atoms with E-state index in [1.807, 2.05) is 23.7 Å². The Bertz CT molecular complexity index is 729. The average Bonchev–Trinajstić information content (AvgIpc) is 3.34. The third-order valence-electron chi connectivity index (χ3n) is 5.34. The summed E-state index contributed by atoms with van der Waals surface area (Å²) in [6, 6.07) is 0. The molecule has 31 heavy (non-hydrogen) atoms. The van der Waals surface area contributed by atoms with Crippen molar-refractivity contribution in [2.45, 2.75) is 62.9 Å². The Morgan fingerprint density at radius 2 is 1.90 bits per heavy atom. The number of carbonyl (C=O) groups is 1. The second-order valence-electron chi connectivity index (χ2n) is 9.54. The molecule has 1 saturated carbocycles. The van der Waals surface area contributed by atoms with Gasteiger partial charge in [0.25, 0.3) is 5.91 Å². The molecule has 0 spiro atoms. The molecule has 0 unspecified atom stereocenters. The summed E-state index contributed by atoms with van der Waals surface area (Å²) in [4.78, 5) is 17.2. The van der Waals surface area contributed by atoms with E-state index in [1.165, 1.54) is 6.42 Å². The SMILES string of the molecule is CCC.COc1nn(C)c2c1CCN(CC1(SC(C)(C)COCCN(C)C)CC1)C2=O. The highest BCUT2D eigenvalue weighted by molar-refractivity contribution is 8.02. The molecule has 1 aliphatic heterocycles. The van der Waals surface area contributed by atoms with Crippen LogP contribution in [0.15, 0.2) is 0 Å². The smallest absolute Gasteiger partial charge is 0.272 e. The van der Waals surface area contributed by atoms with Crippen LogP contribution in [0.25, 0.3) is 0 Å². The van der Waals surface area contributed by atoms with E-state index in [0.717, 1.165) is 57.7 Å². The third kappa shape index (κ3) is 7.12. The van der Waals surface area contributed by atoms with Gasteiger partial charge in [-0.15, -0.1) is 16.9 Å². The highest BCUT2D eigenvalue weighted by Gasteiger charge is 2.49. The molecule has 0 bridgehead atoms. The second kappa shape index (κ2) is 11.1. The van der Waals surface area contributed by atoms with Crippen LogP contribution in [0, 0.1) is 0 Å². The van der Waals surface area contributed by atoms with Crippen molar-refractivity contribution < 1.29 is 14.3 Å². The van der Waals surface area contributed by atoms with E-state index >= 15 is 0 Å². The number of likely N-dealkylation sites (N-methyl/N-ethyl adjacent to an activating group) is 1. The van der Waals surface area contributed by atoms with Crippen molar-refractivity contribution in [2.75, 3.05) is 54.1 Å². The lowest BCUT2D eigenvalue weighted by atomic mass is 10.1. The Hall–Kier alpha value is -1.25. The predicted molar refractivity (Wildman–Crippen MR) is 128 cm³/mol. The van der Waals surface area contributed by atoms with Gasteiger partial charge in [0, 0.05) is 41.7 Å². The molecular weight excluding hydrogens is 412 g/mol. The normalized spacial score (nSPS) is 17.3. The fraction of sp³-hybridized carbons (Fsp3) is 0.826. The van der Waals surface area contributed by atoms with Crippen LogP contribution in [0.3, 0.4) is 0 Å². The van der Waals surface area contributed by atoms with E-state index in [1.54, 1.807) is 11.8 Å². The molecule has 7 nitrogen and oxygen atoms in total. The number of carbonyl (C=O) groups excluding carboxylic acids is 1. The summed E-state index contributed by atoms with van der Waals surface area (Å²) >= 11 is 1.99. The zero-order valence-electron chi connectivity index (χ0n) is 20.8. The number of methoxy groups -OCH3 is 1. The number of rotatable bonds is 10. The van der Waals surface area contributed by atoms with E-state index in [-0.39, 0.29) is 15.4 Å². The van der Waals surface area contributed by atoms with Crippen LogP contribution in [0.4, 0.5) is 0 Å².